The number of carbonyl (C=O) groups excluding carboxylic acids is 2. The summed E-state index contributed by atoms with van der Waals surface area (Å²) in [6.07, 6.45) is 2.45. The number of halogens is 2. The maximum absolute atomic E-state index is 13.7. The molecule has 9 heteroatoms. The standard InChI is InChI=1S/C23H33Cl2N3O4/c1-3-4-15-32-22(30)28-13-11-27(12-14-28)21(29)20(17-5-6-18(24)19(25)16-17)23(31)7-9-26(2)10-8-23/h5-6,16,20,31H,3-4,7-15H2,1-2H3. The van der Waals surface area contributed by atoms with E-state index in [0.717, 1.165) is 12.8 Å². The second-order valence-electron chi connectivity index (χ2n) is 8.79. The normalized spacial score (nSPS) is 20.2. The average Bonchev–Trinajstić information content (AvgIpc) is 2.78. The average molecular weight is 486 g/mol. The van der Waals surface area contributed by atoms with E-state index in [0.29, 0.717) is 74.3 Å². The Kier molecular flexibility index (Phi) is 8.67. The molecule has 2 heterocycles. The van der Waals surface area contributed by atoms with Crippen molar-refractivity contribution in [2.24, 2.45) is 0 Å². The Morgan fingerprint density at radius 2 is 1.69 bits per heavy atom. The van der Waals surface area contributed by atoms with Crippen LogP contribution in [0.15, 0.2) is 18.2 Å². The first-order valence-corrected chi connectivity index (χ1v) is 12.1. The van der Waals surface area contributed by atoms with E-state index >= 15 is 0 Å². The maximum atomic E-state index is 13.7. The molecular weight excluding hydrogens is 453 g/mol. The Hall–Kier alpha value is -1.54. The molecule has 1 aromatic carbocycles. The van der Waals surface area contributed by atoms with Gasteiger partial charge in [-0.25, -0.2) is 4.79 Å². The van der Waals surface area contributed by atoms with Crippen molar-refractivity contribution >= 4 is 35.2 Å². The van der Waals surface area contributed by atoms with Gasteiger partial charge < -0.3 is 24.5 Å². The zero-order valence-corrected chi connectivity index (χ0v) is 20.4. The highest BCUT2D eigenvalue weighted by Crippen LogP contribution is 2.40. The van der Waals surface area contributed by atoms with Crippen molar-refractivity contribution < 1.29 is 19.4 Å². The highest BCUT2D eigenvalue weighted by Gasteiger charge is 2.46. The lowest BCUT2D eigenvalue weighted by Gasteiger charge is -2.44. The fourth-order valence-corrected chi connectivity index (χ4v) is 4.66. The predicted molar refractivity (Wildman–Crippen MR) is 125 cm³/mol. The number of unbranched alkanes of at least 4 members (excludes halogenated alkanes) is 1. The molecule has 7 nitrogen and oxygen atoms in total. The number of ether oxygens (including phenoxy) is 1. The topological polar surface area (TPSA) is 73.3 Å². The molecule has 3 rings (SSSR count). The molecule has 0 aliphatic carbocycles. The predicted octanol–water partition coefficient (Wildman–Crippen LogP) is 3.61. The molecule has 0 saturated carbocycles. The molecule has 1 unspecified atom stereocenters. The number of piperazine rings is 1. The number of carbonyl (C=O) groups is 2. The highest BCUT2D eigenvalue weighted by molar-refractivity contribution is 6.42. The van der Waals surface area contributed by atoms with Crippen molar-refractivity contribution in [3.8, 4) is 0 Å². The lowest BCUT2D eigenvalue weighted by Crippen LogP contribution is -2.56. The van der Waals surface area contributed by atoms with Crippen LogP contribution < -0.4 is 0 Å². The van der Waals surface area contributed by atoms with E-state index in [1.54, 1.807) is 28.0 Å². The van der Waals surface area contributed by atoms with Crippen molar-refractivity contribution in [1.29, 1.82) is 0 Å². The molecule has 178 valence electrons. The van der Waals surface area contributed by atoms with E-state index in [4.69, 9.17) is 27.9 Å². The maximum Gasteiger partial charge on any atom is 0.409 e. The number of likely N-dealkylation sites (tertiary alicyclic amines) is 1. The summed E-state index contributed by atoms with van der Waals surface area (Å²) in [5.41, 5.74) is -0.505. The number of hydrogen-bond acceptors (Lipinski definition) is 5. The van der Waals surface area contributed by atoms with Gasteiger partial charge >= 0.3 is 6.09 Å². The molecule has 2 aliphatic rings. The van der Waals surface area contributed by atoms with Crippen LogP contribution in [0.3, 0.4) is 0 Å². The summed E-state index contributed by atoms with van der Waals surface area (Å²) >= 11 is 12.4. The minimum atomic E-state index is -1.17. The van der Waals surface area contributed by atoms with E-state index in [1.807, 2.05) is 14.0 Å². The third-order valence-corrected chi connectivity index (χ3v) is 7.23. The smallest absolute Gasteiger partial charge is 0.409 e. The second-order valence-corrected chi connectivity index (χ2v) is 9.61. The fourth-order valence-electron chi connectivity index (χ4n) is 4.36. The van der Waals surface area contributed by atoms with E-state index in [-0.39, 0.29) is 12.0 Å². The number of piperidine rings is 1. The molecule has 2 amide bonds. The third-order valence-electron chi connectivity index (χ3n) is 6.49. The van der Waals surface area contributed by atoms with E-state index in [9.17, 15) is 14.7 Å². The second kappa shape index (κ2) is 11.1. The Balaban J connectivity index is 1.75. The van der Waals surface area contributed by atoms with Gasteiger partial charge in [-0.1, -0.05) is 42.6 Å². The van der Waals surface area contributed by atoms with Crippen LogP contribution in [0.1, 0.15) is 44.1 Å². The minimum Gasteiger partial charge on any atom is -0.449 e. The Morgan fingerprint density at radius 1 is 1.06 bits per heavy atom. The quantitative estimate of drug-likeness (QED) is 0.622. The van der Waals surface area contributed by atoms with Gasteiger partial charge in [0.1, 0.15) is 0 Å². The summed E-state index contributed by atoms with van der Waals surface area (Å²) in [6.45, 7) is 5.48. The molecule has 1 N–H and O–H groups in total. The van der Waals surface area contributed by atoms with E-state index in [1.165, 1.54) is 0 Å². The van der Waals surface area contributed by atoms with Gasteiger partial charge in [0.05, 0.1) is 28.2 Å². The molecule has 0 radical (unpaired) electrons. The summed E-state index contributed by atoms with van der Waals surface area (Å²) in [5.74, 6) is -0.886. The summed E-state index contributed by atoms with van der Waals surface area (Å²) in [4.78, 5) is 31.5. The lowest BCUT2D eigenvalue weighted by molar-refractivity contribution is -0.144. The lowest BCUT2D eigenvalue weighted by atomic mass is 9.75. The number of amides is 2. The molecule has 1 aromatic rings. The van der Waals surface area contributed by atoms with Gasteiger partial charge in [-0.2, -0.15) is 0 Å². The van der Waals surface area contributed by atoms with E-state index < -0.39 is 11.5 Å². The first kappa shape index (κ1) is 25.1. The van der Waals surface area contributed by atoms with E-state index in [2.05, 4.69) is 4.90 Å². The largest absolute Gasteiger partial charge is 0.449 e. The molecule has 32 heavy (non-hydrogen) atoms. The summed E-state index contributed by atoms with van der Waals surface area (Å²) in [7, 11) is 2.01. The van der Waals surface area contributed by atoms with Crippen molar-refractivity contribution in [2.75, 3.05) is 52.9 Å². The van der Waals surface area contributed by atoms with Crippen LogP contribution in [0.4, 0.5) is 4.79 Å². The fraction of sp³-hybridized carbons (Fsp3) is 0.652. The van der Waals surface area contributed by atoms with Gasteiger partial charge in [0.2, 0.25) is 5.91 Å². The molecule has 2 fully saturated rings. The van der Waals surface area contributed by atoms with Crippen molar-refractivity contribution in [3.63, 3.8) is 0 Å². The monoisotopic (exact) mass is 485 g/mol. The first-order valence-electron chi connectivity index (χ1n) is 11.3. The number of aliphatic hydroxyl groups is 1. The number of nitrogens with zero attached hydrogens (tertiary/aromatic N) is 3. The van der Waals surface area contributed by atoms with Gasteiger partial charge in [0, 0.05) is 39.3 Å². The van der Waals surface area contributed by atoms with Crippen LogP contribution in [-0.4, -0.2) is 90.3 Å². The van der Waals surface area contributed by atoms with Gasteiger partial charge in [-0.3, -0.25) is 4.79 Å². The third kappa shape index (κ3) is 5.87. The summed E-state index contributed by atoms with van der Waals surface area (Å²) in [6, 6.07) is 5.13. The Morgan fingerprint density at radius 3 is 2.28 bits per heavy atom. The number of rotatable bonds is 6. The SMILES string of the molecule is CCCCOC(=O)N1CCN(C(=O)C(c2ccc(Cl)c(Cl)c2)C2(O)CCN(C)CC2)CC1. The highest BCUT2D eigenvalue weighted by atomic mass is 35.5. The molecule has 0 spiro atoms. The van der Waals surface area contributed by atoms with Crippen LogP contribution in [0.25, 0.3) is 0 Å². The van der Waals surface area contributed by atoms with Crippen LogP contribution in [0, 0.1) is 0 Å². The van der Waals surface area contributed by atoms with Crippen molar-refractivity contribution in [2.45, 2.75) is 44.1 Å². The number of hydrogen-bond donors (Lipinski definition) is 1. The van der Waals surface area contributed by atoms with Crippen molar-refractivity contribution in [1.82, 2.24) is 14.7 Å². The number of benzene rings is 1. The van der Waals surface area contributed by atoms with Crippen LogP contribution >= 0.6 is 23.2 Å². The van der Waals surface area contributed by atoms with Crippen LogP contribution in [0.2, 0.25) is 10.0 Å². The van der Waals surface area contributed by atoms with Gasteiger partial charge in [0.25, 0.3) is 0 Å². The summed E-state index contributed by atoms with van der Waals surface area (Å²) in [5, 5.41) is 12.4. The molecule has 1 atom stereocenters. The summed E-state index contributed by atoms with van der Waals surface area (Å²) < 4.78 is 5.29. The molecule has 2 saturated heterocycles. The van der Waals surface area contributed by atoms with Crippen LogP contribution in [-0.2, 0) is 9.53 Å². The zero-order valence-electron chi connectivity index (χ0n) is 18.9. The molecular formula is C23H33Cl2N3O4. The molecule has 2 aliphatic heterocycles. The Labute approximate surface area is 200 Å². The van der Waals surface area contributed by atoms with Gasteiger partial charge in [0.15, 0.2) is 0 Å². The molecule has 0 aromatic heterocycles. The molecule has 0 bridgehead atoms. The van der Waals surface area contributed by atoms with Gasteiger partial charge in [-0.15, -0.1) is 0 Å². The van der Waals surface area contributed by atoms with Gasteiger partial charge in [-0.05, 0) is 44.0 Å². The minimum absolute atomic E-state index is 0.144. The zero-order chi connectivity index (χ0) is 23.3. The van der Waals surface area contributed by atoms with Crippen LogP contribution in [0.5, 0.6) is 0 Å². The Bertz CT molecular complexity index is 806. The van der Waals surface area contributed by atoms with Crippen molar-refractivity contribution in [3.05, 3.63) is 33.8 Å². The first-order chi connectivity index (χ1) is 15.2.